The highest BCUT2D eigenvalue weighted by molar-refractivity contribution is 6.40. The first-order valence-electron chi connectivity index (χ1n) is 1.99. The van der Waals surface area contributed by atoms with Gasteiger partial charge in [-0.2, -0.15) is 0 Å². The fourth-order valence-corrected chi connectivity index (χ4v) is 0.544. The number of halogens is 2. The minimum atomic E-state index is 0.300. The van der Waals surface area contributed by atoms with Gasteiger partial charge in [-0.15, -0.1) is 5.10 Å². The lowest BCUT2D eigenvalue weighted by molar-refractivity contribution is -0.454. The summed E-state index contributed by atoms with van der Waals surface area (Å²) in [5.74, 6) is 0. The molecule has 0 saturated carbocycles. The van der Waals surface area contributed by atoms with Crippen LogP contribution in [-0.2, 0) is 0 Å². The van der Waals surface area contributed by atoms with Crippen molar-refractivity contribution < 1.29 is 5.10 Å². The van der Waals surface area contributed by atoms with Gasteiger partial charge in [-0.25, -0.2) is 0 Å². The molecule has 1 heterocycles. The quantitative estimate of drug-likeness (QED) is 0.545. The summed E-state index contributed by atoms with van der Waals surface area (Å²) in [6.07, 6.45) is 1.61. The normalized spacial score (nSPS) is 9.25. The van der Waals surface area contributed by atoms with Crippen LogP contribution >= 0.6 is 23.2 Å². The number of rotatable bonds is 0. The molecule has 0 amide bonds. The number of nitrogens with one attached hydrogen (secondary N) is 1. The molecule has 1 rings (SSSR count). The van der Waals surface area contributed by atoms with Crippen LogP contribution in [0.5, 0.6) is 0 Å². The van der Waals surface area contributed by atoms with Crippen LogP contribution in [0, 0.1) is 0 Å². The van der Waals surface area contributed by atoms with E-state index in [9.17, 15) is 0 Å². The number of aromatic amines is 1. The van der Waals surface area contributed by atoms with Crippen LogP contribution in [0.4, 0.5) is 0 Å². The van der Waals surface area contributed by atoms with Gasteiger partial charge in [-0.1, -0.05) is 23.2 Å². The third-order valence-corrected chi connectivity index (χ3v) is 1.35. The van der Waals surface area contributed by atoms with Gasteiger partial charge in [0.1, 0.15) is 0 Å². The van der Waals surface area contributed by atoms with Crippen molar-refractivity contribution >= 4 is 23.2 Å². The van der Waals surface area contributed by atoms with Gasteiger partial charge in [0.05, 0.1) is 5.02 Å². The van der Waals surface area contributed by atoms with Gasteiger partial charge >= 0.3 is 0 Å². The molecule has 0 unspecified atom stereocenters. The van der Waals surface area contributed by atoms with Gasteiger partial charge in [0.15, 0.2) is 6.20 Å². The van der Waals surface area contributed by atoms with Crippen LogP contribution in [0.15, 0.2) is 12.3 Å². The molecule has 0 saturated heterocycles. The van der Waals surface area contributed by atoms with Crippen molar-refractivity contribution in [1.82, 2.24) is 5.10 Å². The van der Waals surface area contributed by atoms with E-state index in [1.165, 1.54) is 0 Å². The summed E-state index contributed by atoms with van der Waals surface area (Å²) in [4.78, 5) is 0. The van der Waals surface area contributed by atoms with E-state index in [0.717, 1.165) is 0 Å². The minimum absolute atomic E-state index is 0.300. The van der Waals surface area contributed by atoms with E-state index in [4.69, 9.17) is 23.2 Å². The van der Waals surface area contributed by atoms with Crippen molar-refractivity contribution in [1.29, 1.82) is 0 Å². The Bertz CT molecular complexity index is 168. The first kappa shape index (κ1) is 5.79. The Morgan fingerprint density at radius 1 is 1.50 bits per heavy atom. The highest BCUT2D eigenvalue weighted by Crippen LogP contribution is 2.14. The number of nitrogens with zero attached hydrogens (tertiary/aromatic N) is 1. The van der Waals surface area contributed by atoms with E-state index in [2.05, 4.69) is 10.2 Å². The zero-order valence-corrected chi connectivity index (χ0v) is 5.37. The summed E-state index contributed by atoms with van der Waals surface area (Å²) in [6.45, 7) is 0. The van der Waals surface area contributed by atoms with Crippen molar-refractivity contribution in [2.24, 2.45) is 0 Å². The fraction of sp³-hybridized carbons (Fsp3) is 0. The molecule has 42 valence electrons. The van der Waals surface area contributed by atoms with Crippen molar-refractivity contribution in [3.05, 3.63) is 22.4 Å². The van der Waals surface area contributed by atoms with Gasteiger partial charge < -0.3 is 0 Å². The third-order valence-electron chi connectivity index (χ3n) is 0.664. The molecule has 0 bridgehead atoms. The molecule has 1 aromatic heterocycles. The second kappa shape index (κ2) is 2.29. The molecule has 0 radical (unpaired) electrons. The van der Waals surface area contributed by atoms with Gasteiger partial charge in [0, 0.05) is 11.2 Å². The number of hydrogen-bond acceptors (Lipinski definition) is 1. The average molecular weight is 150 g/mol. The van der Waals surface area contributed by atoms with Gasteiger partial charge in [-0.05, 0) is 0 Å². The molecule has 0 fully saturated rings. The zero-order valence-electron chi connectivity index (χ0n) is 3.86. The smallest absolute Gasteiger partial charge is 0.105 e. The molecule has 0 aliphatic heterocycles. The summed E-state index contributed by atoms with van der Waals surface area (Å²) in [6, 6.07) is 1.64. The summed E-state index contributed by atoms with van der Waals surface area (Å²) >= 11 is 10.9. The number of hydrogen-bond donors (Lipinski definition) is 0. The predicted octanol–water partition coefficient (Wildman–Crippen LogP) is 1.20. The molecular formula is C4H3Cl2N2+. The molecule has 2 nitrogen and oxygen atoms in total. The SMILES string of the molecule is Clc1cc[nH+]nc1Cl. The molecule has 0 atom stereocenters. The summed E-state index contributed by atoms with van der Waals surface area (Å²) in [5.41, 5.74) is 0. The lowest BCUT2D eigenvalue weighted by Gasteiger charge is -1.81. The van der Waals surface area contributed by atoms with E-state index in [-0.39, 0.29) is 0 Å². The second-order valence-electron chi connectivity index (χ2n) is 1.21. The van der Waals surface area contributed by atoms with Gasteiger partial charge in [-0.3, -0.25) is 0 Å². The van der Waals surface area contributed by atoms with Crippen molar-refractivity contribution in [2.45, 2.75) is 0 Å². The zero-order chi connectivity index (χ0) is 5.98. The predicted molar refractivity (Wildman–Crippen MR) is 30.8 cm³/mol. The Hall–Kier alpha value is -0.340. The Labute approximate surface area is 56.4 Å². The standard InChI is InChI=1S/C4H2Cl2N2/c5-3-1-2-7-8-4(3)6/h1-2H/p+1. The molecule has 4 heteroatoms. The van der Waals surface area contributed by atoms with Crippen LogP contribution in [-0.4, -0.2) is 5.10 Å². The molecule has 0 aromatic carbocycles. The maximum Gasteiger partial charge on any atom is 0.215 e. The first-order chi connectivity index (χ1) is 3.80. The molecule has 1 N–H and O–H groups in total. The van der Waals surface area contributed by atoms with E-state index in [0.29, 0.717) is 10.2 Å². The lowest BCUT2D eigenvalue weighted by atomic mass is 10.6. The van der Waals surface area contributed by atoms with Gasteiger partial charge in [0.2, 0.25) is 5.15 Å². The summed E-state index contributed by atoms with van der Waals surface area (Å²) in [7, 11) is 0. The van der Waals surface area contributed by atoms with E-state index in [1.807, 2.05) is 0 Å². The van der Waals surface area contributed by atoms with E-state index >= 15 is 0 Å². The maximum absolute atomic E-state index is 5.49. The highest BCUT2D eigenvalue weighted by Gasteiger charge is 1.97. The second-order valence-corrected chi connectivity index (χ2v) is 1.98. The molecule has 0 aliphatic carbocycles. The van der Waals surface area contributed by atoms with Crippen molar-refractivity contribution in [3.63, 3.8) is 0 Å². The lowest BCUT2D eigenvalue weighted by Crippen LogP contribution is -2.05. The Kier molecular flexibility index (Phi) is 1.65. The van der Waals surface area contributed by atoms with Crippen molar-refractivity contribution in [3.8, 4) is 0 Å². The molecular weight excluding hydrogens is 147 g/mol. The monoisotopic (exact) mass is 149 g/mol. The highest BCUT2D eigenvalue weighted by atomic mass is 35.5. The van der Waals surface area contributed by atoms with Crippen molar-refractivity contribution in [2.75, 3.05) is 0 Å². The minimum Gasteiger partial charge on any atom is -0.105 e. The van der Waals surface area contributed by atoms with Crippen LogP contribution in [0.1, 0.15) is 0 Å². The maximum atomic E-state index is 5.49. The Morgan fingerprint density at radius 3 is 2.62 bits per heavy atom. The molecule has 8 heavy (non-hydrogen) atoms. The van der Waals surface area contributed by atoms with Crippen LogP contribution in [0.25, 0.3) is 0 Å². The van der Waals surface area contributed by atoms with Crippen LogP contribution in [0.3, 0.4) is 0 Å². The summed E-state index contributed by atoms with van der Waals surface area (Å²) in [5, 5.41) is 6.89. The average Bonchev–Trinajstić information content (AvgIpc) is 1.77. The van der Waals surface area contributed by atoms with Crippen LogP contribution in [0.2, 0.25) is 10.2 Å². The van der Waals surface area contributed by atoms with E-state index in [1.54, 1.807) is 12.3 Å². The molecule has 1 aromatic rings. The van der Waals surface area contributed by atoms with E-state index < -0.39 is 0 Å². The molecule has 0 aliphatic rings. The largest absolute Gasteiger partial charge is 0.215 e. The fourth-order valence-electron chi connectivity index (χ4n) is 0.327. The Balaban J connectivity index is 3.13. The number of H-pyrrole nitrogens is 1. The summed E-state index contributed by atoms with van der Waals surface area (Å²) < 4.78 is 0. The van der Waals surface area contributed by atoms with Gasteiger partial charge in [0.25, 0.3) is 0 Å². The number of aromatic nitrogens is 2. The molecule has 0 spiro atoms. The van der Waals surface area contributed by atoms with Crippen LogP contribution < -0.4 is 5.10 Å². The first-order valence-corrected chi connectivity index (χ1v) is 2.74. The topological polar surface area (TPSA) is 27.0 Å². The Morgan fingerprint density at radius 2 is 2.25 bits per heavy atom. The third kappa shape index (κ3) is 1.08.